The summed E-state index contributed by atoms with van der Waals surface area (Å²) < 4.78 is 5.44. The van der Waals surface area contributed by atoms with Gasteiger partial charge in [-0.15, -0.1) is 0 Å². The maximum Gasteiger partial charge on any atom is 0.126 e. The molecule has 0 aliphatic heterocycles. The van der Waals surface area contributed by atoms with E-state index in [1.54, 1.807) is 13.3 Å². The van der Waals surface area contributed by atoms with Gasteiger partial charge in [-0.05, 0) is 31.5 Å². The monoisotopic (exact) mass is 223 g/mol. The number of rotatable bonds is 6. The molecule has 0 radical (unpaired) electrons. The first-order valence-electron chi connectivity index (χ1n) is 5.62. The molecule has 0 saturated carbocycles. The van der Waals surface area contributed by atoms with Crippen molar-refractivity contribution in [2.75, 3.05) is 19.9 Å². The zero-order valence-electron chi connectivity index (χ0n) is 10.2. The lowest BCUT2D eigenvalue weighted by molar-refractivity contribution is 0.0678. The van der Waals surface area contributed by atoms with Crippen LogP contribution in [0.3, 0.4) is 0 Å². The number of anilines is 1. The molecule has 0 bridgehead atoms. The van der Waals surface area contributed by atoms with Crippen molar-refractivity contribution in [3.05, 3.63) is 23.9 Å². The van der Waals surface area contributed by atoms with Crippen LogP contribution in [0.25, 0.3) is 0 Å². The summed E-state index contributed by atoms with van der Waals surface area (Å²) in [5.41, 5.74) is 6.89. The molecule has 0 spiro atoms. The summed E-state index contributed by atoms with van der Waals surface area (Å²) in [6, 6.07) is 4.18. The normalized spacial score (nSPS) is 14.7. The molecule has 16 heavy (non-hydrogen) atoms. The average Bonchev–Trinajstić information content (AvgIpc) is 2.31. The van der Waals surface area contributed by atoms with Crippen molar-refractivity contribution in [3.8, 4) is 0 Å². The molecular formula is C12H21N3O. The highest BCUT2D eigenvalue weighted by Crippen LogP contribution is 2.14. The van der Waals surface area contributed by atoms with Crippen LogP contribution in [-0.2, 0) is 11.2 Å². The van der Waals surface area contributed by atoms with E-state index in [4.69, 9.17) is 10.5 Å². The van der Waals surface area contributed by atoms with Gasteiger partial charge in [0, 0.05) is 19.3 Å². The molecule has 2 unspecified atom stereocenters. The van der Waals surface area contributed by atoms with Gasteiger partial charge in [0.1, 0.15) is 5.82 Å². The number of aromatic nitrogens is 1. The minimum absolute atomic E-state index is 0.199. The highest BCUT2D eigenvalue weighted by atomic mass is 16.5. The van der Waals surface area contributed by atoms with Crippen LogP contribution >= 0.6 is 0 Å². The van der Waals surface area contributed by atoms with Crippen LogP contribution < -0.4 is 11.1 Å². The van der Waals surface area contributed by atoms with Gasteiger partial charge in [0.05, 0.1) is 6.10 Å². The van der Waals surface area contributed by atoms with Gasteiger partial charge in [-0.2, -0.15) is 0 Å². The molecule has 0 saturated heterocycles. The maximum atomic E-state index is 5.83. The number of ether oxygens (including phenoxy) is 1. The van der Waals surface area contributed by atoms with E-state index in [-0.39, 0.29) is 12.1 Å². The van der Waals surface area contributed by atoms with E-state index < -0.39 is 0 Å². The minimum atomic E-state index is 0.199. The summed E-state index contributed by atoms with van der Waals surface area (Å²) in [7, 11) is 3.68. The van der Waals surface area contributed by atoms with E-state index in [0.29, 0.717) is 5.82 Å². The van der Waals surface area contributed by atoms with Gasteiger partial charge in [-0.1, -0.05) is 13.0 Å². The zero-order valence-corrected chi connectivity index (χ0v) is 10.2. The highest BCUT2D eigenvalue weighted by Gasteiger charge is 2.19. The van der Waals surface area contributed by atoms with Crippen LogP contribution in [0, 0.1) is 0 Å². The summed E-state index contributed by atoms with van der Waals surface area (Å²) >= 11 is 0. The number of nitrogens with one attached hydrogen (secondary N) is 1. The van der Waals surface area contributed by atoms with E-state index >= 15 is 0 Å². The lowest BCUT2D eigenvalue weighted by atomic mass is 10.0. The molecule has 0 aliphatic carbocycles. The van der Waals surface area contributed by atoms with Crippen molar-refractivity contribution in [1.29, 1.82) is 0 Å². The molecule has 1 aromatic rings. The molecule has 1 heterocycles. The van der Waals surface area contributed by atoms with Crippen molar-refractivity contribution in [2.24, 2.45) is 0 Å². The number of hydrogen-bond donors (Lipinski definition) is 2. The first-order valence-corrected chi connectivity index (χ1v) is 5.62. The standard InChI is InChI=1S/C12H21N3O/c1-4-11(16-3)10(14-2)8-9-6-5-7-15-12(9)13/h5-7,10-11,14H,4,8H2,1-3H3,(H2,13,15). The van der Waals surface area contributed by atoms with Crippen LogP contribution in [-0.4, -0.2) is 31.3 Å². The third-order valence-corrected chi connectivity index (χ3v) is 2.89. The van der Waals surface area contributed by atoms with E-state index in [9.17, 15) is 0 Å². The fraction of sp³-hybridized carbons (Fsp3) is 0.583. The van der Waals surface area contributed by atoms with Crippen molar-refractivity contribution >= 4 is 5.82 Å². The van der Waals surface area contributed by atoms with Gasteiger partial charge in [0.2, 0.25) is 0 Å². The van der Waals surface area contributed by atoms with Crippen LogP contribution in [0.5, 0.6) is 0 Å². The maximum absolute atomic E-state index is 5.83. The zero-order chi connectivity index (χ0) is 12.0. The fourth-order valence-electron chi connectivity index (χ4n) is 1.90. The predicted molar refractivity (Wildman–Crippen MR) is 66.3 cm³/mol. The van der Waals surface area contributed by atoms with Gasteiger partial charge < -0.3 is 15.8 Å². The molecule has 1 aromatic heterocycles. The number of nitrogens with two attached hydrogens (primary N) is 1. The molecule has 0 aromatic carbocycles. The number of methoxy groups -OCH3 is 1. The second-order valence-electron chi connectivity index (χ2n) is 3.83. The van der Waals surface area contributed by atoms with Crippen molar-refractivity contribution in [2.45, 2.75) is 31.9 Å². The second-order valence-corrected chi connectivity index (χ2v) is 3.83. The number of nitrogens with zero attached hydrogens (tertiary/aromatic N) is 1. The van der Waals surface area contributed by atoms with Crippen LogP contribution in [0.4, 0.5) is 5.82 Å². The minimum Gasteiger partial charge on any atom is -0.383 e. The molecule has 0 aliphatic rings. The Hall–Kier alpha value is -1.13. The fourth-order valence-corrected chi connectivity index (χ4v) is 1.90. The van der Waals surface area contributed by atoms with Crippen LogP contribution in [0.15, 0.2) is 18.3 Å². The summed E-state index contributed by atoms with van der Waals surface area (Å²) in [4.78, 5) is 4.09. The molecule has 0 fully saturated rings. The van der Waals surface area contributed by atoms with Crippen molar-refractivity contribution < 1.29 is 4.74 Å². The summed E-state index contributed by atoms with van der Waals surface area (Å²) in [5.74, 6) is 0.605. The first kappa shape index (κ1) is 12.9. The molecule has 3 N–H and O–H groups in total. The van der Waals surface area contributed by atoms with Crippen molar-refractivity contribution in [1.82, 2.24) is 10.3 Å². The topological polar surface area (TPSA) is 60.2 Å². The quantitative estimate of drug-likeness (QED) is 0.761. The lowest BCUT2D eigenvalue weighted by Crippen LogP contribution is -2.40. The lowest BCUT2D eigenvalue weighted by Gasteiger charge is -2.25. The number of likely N-dealkylation sites (N-methyl/N-ethyl adjacent to an activating group) is 1. The smallest absolute Gasteiger partial charge is 0.126 e. The Morgan fingerprint density at radius 2 is 2.31 bits per heavy atom. The summed E-state index contributed by atoms with van der Waals surface area (Å²) in [6.45, 7) is 2.12. The first-order chi connectivity index (χ1) is 7.72. The van der Waals surface area contributed by atoms with Gasteiger partial charge in [0.15, 0.2) is 0 Å². The van der Waals surface area contributed by atoms with Gasteiger partial charge in [-0.25, -0.2) is 4.98 Å². The molecule has 1 rings (SSSR count). The Morgan fingerprint density at radius 3 is 2.81 bits per heavy atom. The van der Waals surface area contributed by atoms with Crippen molar-refractivity contribution in [3.63, 3.8) is 0 Å². The molecule has 4 heteroatoms. The summed E-state index contributed by atoms with van der Waals surface area (Å²) in [6.07, 6.45) is 3.72. The number of pyridine rings is 1. The van der Waals surface area contributed by atoms with E-state index in [1.807, 2.05) is 19.2 Å². The third kappa shape index (κ3) is 3.18. The van der Waals surface area contributed by atoms with Crippen LogP contribution in [0.2, 0.25) is 0 Å². The largest absolute Gasteiger partial charge is 0.383 e. The Kier molecular flexibility index (Phi) is 5.22. The molecule has 2 atom stereocenters. The SMILES string of the molecule is CCC(OC)C(Cc1cccnc1N)NC. The predicted octanol–water partition coefficient (Wildman–Crippen LogP) is 1.22. The molecule has 90 valence electrons. The highest BCUT2D eigenvalue weighted by molar-refractivity contribution is 5.39. The second kappa shape index (κ2) is 6.45. The Balaban J connectivity index is 2.73. The van der Waals surface area contributed by atoms with E-state index in [2.05, 4.69) is 17.2 Å². The Morgan fingerprint density at radius 1 is 1.56 bits per heavy atom. The molecular weight excluding hydrogens is 202 g/mol. The number of nitrogen functional groups attached to an aromatic ring is 1. The van der Waals surface area contributed by atoms with Gasteiger partial charge in [-0.3, -0.25) is 0 Å². The Bertz CT molecular complexity index is 313. The summed E-state index contributed by atoms with van der Waals surface area (Å²) in [5, 5.41) is 3.27. The van der Waals surface area contributed by atoms with E-state index in [0.717, 1.165) is 18.4 Å². The van der Waals surface area contributed by atoms with Crippen LogP contribution in [0.1, 0.15) is 18.9 Å². The Labute approximate surface area is 97.2 Å². The molecule has 0 amide bonds. The third-order valence-electron chi connectivity index (χ3n) is 2.89. The van der Waals surface area contributed by atoms with E-state index in [1.165, 1.54) is 0 Å². The van der Waals surface area contributed by atoms with Gasteiger partial charge in [0.25, 0.3) is 0 Å². The molecule has 4 nitrogen and oxygen atoms in total. The number of hydrogen-bond acceptors (Lipinski definition) is 4. The average molecular weight is 223 g/mol. The van der Waals surface area contributed by atoms with Gasteiger partial charge >= 0.3 is 0 Å².